The lowest BCUT2D eigenvalue weighted by Crippen LogP contribution is -2.56. The molecule has 0 aromatic heterocycles. The Labute approximate surface area is 117 Å². The zero-order chi connectivity index (χ0) is 13.0. The standard InChI is InChI=1S/C16H28N2O/c1-11-3-4-12-5-7-14(11)18(12)9-16-15-8-6-13(10-19-16)17(15)2/h11-16H,3-10H2,1-2H3/t11-,12?,13?,14?,15?,16?/m0/s1. The van der Waals surface area contributed by atoms with E-state index in [1.54, 1.807) is 0 Å². The molecule has 4 bridgehead atoms. The van der Waals surface area contributed by atoms with Gasteiger partial charge in [-0.1, -0.05) is 6.92 Å². The SMILES string of the molecule is C[C@H]1CCC2CCC1N2CC1OCC2CCC1N2C. The number of morpholine rings is 1. The molecule has 108 valence electrons. The lowest BCUT2D eigenvalue weighted by Gasteiger charge is -2.44. The Bertz CT molecular complexity index is 348. The largest absolute Gasteiger partial charge is 0.374 e. The van der Waals surface area contributed by atoms with Crippen molar-refractivity contribution >= 4 is 0 Å². The van der Waals surface area contributed by atoms with Gasteiger partial charge >= 0.3 is 0 Å². The minimum Gasteiger partial charge on any atom is -0.374 e. The fourth-order valence-electron chi connectivity index (χ4n) is 5.24. The van der Waals surface area contributed by atoms with E-state index in [9.17, 15) is 0 Å². The van der Waals surface area contributed by atoms with Crippen LogP contribution >= 0.6 is 0 Å². The Morgan fingerprint density at radius 3 is 2.58 bits per heavy atom. The molecule has 4 aliphatic heterocycles. The molecule has 4 rings (SSSR count). The number of nitrogens with zero attached hydrogens (tertiary/aromatic N) is 2. The van der Waals surface area contributed by atoms with Crippen LogP contribution in [0.1, 0.15) is 45.4 Å². The number of likely N-dealkylation sites (N-methyl/N-ethyl adjacent to an activating group) is 1. The third-order valence-corrected chi connectivity index (χ3v) is 6.52. The number of fused-ring (bicyclic) bond motifs is 4. The van der Waals surface area contributed by atoms with E-state index in [4.69, 9.17) is 4.74 Å². The summed E-state index contributed by atoms with van der Waals surface area (Å²) in [5, 5.41) is 0. The van der Waals surface area contributed by atoms with Gasteiger partial charge in [0.05, 0.1) is 12.7 Å². The number of ether oxygens (including phenoxy) is 1. The van der Waals surface area contributed by atoms with Gasteiger partial charge in [-0.3, -0.25) is 9.80 Å². The lowest BCUT2D eigenvalue weighted by atomic mass is 9.91. The summed E-state index contributed by atoms with van der Waals surface area (Å²) < 4.78 is 6.21. The minimum atomic E-state index is 0.470. The fraction of sp³-hybridized carbons (Fsp3) is 1.00. The quantitative estimate of drug-likeness (QED) is 0.760. The molecule has 0 spiro atoms. The average Bonchev–Trinajstić information content (AvgIpc) is 2.80. The average molecular weight is 264 g/mol. The maximum atomic E-state index is 6.21. The van der Waals surface area contributed by atoms with Crippen molar-refractivity contribution in [3.8, 4) is 0 Å². The van der Waals surface area contributed by atoms with E-state index in [0.717, 1.165) is 24.6 Å². The van der Waals surface area contributed by atoms with Crippen molar-refractivity contribution in [2.75, 3.05) is 20.2 Å². The monoisotopic (exact) mass is 264 g/mol. The Balaban J connectivity index is 1.46. The molecule has 4 heterocycles. The molecule has 5 unspecified atom stereocenters. The summed E-state index contributed by atoms with van der Waals surface area (Å²) in [6, 6.07) is 3.12. The van der Waals surface area contributed by atoms with Crippen molar-refractivity contribution in [2.24, 2.45) is 5.92 Å². The summed E-state index contributed by atoms with van der Waals surface area (Å²) in [6.07, 6.45) is 8.91. The third kappa shape index (κ3) is 1.97. The number of rotatable bonds is 2. The van der Waals surface area contributed by atoms with E-state index in [-0.39, 0.29) is 0 Å². The van der Waals surface area contributed by atoms with Crippen LogP contribution in [0.3, 0.4) is 0 Å². The number of hydrogen-bond acceptors (Lipinski definition) is 3. The van der Waals surface area contributed by atoms with Crippen LogP contribution in [-0.4, -0.2) is 60.3 Å². The predicted octanol–water partition coefficient (Wildman–Crippen LogP) is 2.11. The summed E-state index contributed by atoms with van der Waals surface area (Å²) >= 11 is 0. The van der Waals surface area contributed by atoms with Crippen LogP contribution in [0.4, 0.5) is 0 Å². The van der Waals surface area contributed by atoms with Crippen molar-refractivity contribution in [1.82, 2.24) is 9.80 Å². The molecule has 0 amide bonds. The van der Waals surface area contributed by atoms with Gasteiger partial charge in [-0.15, -0.1) is 0 Å². The molecule has 3 nitrogen and oxygen atoms in total. The first kappa shape index (κ1) is 12.6. The Morgan fingerprint density at radius 1 is 0.947 bits per heavy atom. The van der Waals surface area contributed by atoms with Crippen LogP contribution in [0.25, 0.3) is 0 Å². The molecule has 0 saturated carbocycles. The van der Waals surface area contributed by atoms with Gasteiger partial charge in [0.25, 0.3) is 0 Å². The van der Waals surface area contributed by atoms with Gasteiger partial charge in [0.2, 0.25) is 0 Å². The molecule has 0 radical (unpaired) electrons. The van der Waals surface area contributed by atoms with E-state index in [2.05, 4.69) is 23.8 Å². The highest BCUT2D eigenvalue weighted by Crippen LogP contribution is 2.40. The maximum absolute atomic E-state index is 6.21. The van der Waals surface area contributed by atoms with Gasteiger partial charge in [0, 0.05) is 30.7 Å². The van der Waals surface area contributed by atoms with Gasteiger partial charge < -0.3 is 4.74 Å². The zero-order valence-corrected chi connectivity index (χ0v) is 12.4. The molecule has 0 aromatic carbocycles. The topological polar surface area (TPSA) is 15.7 Å². The van der Waals surface area contributed by atoms with Gasteiger partial charge in [0.15, 0.2) is 0 Å². The molecule has 4 fully saturated rings. The highest BCUT2D eigenvalue weighted by Gasteiger charge is 2.46. The molecule has 3 heteroatoms. The Hall–Kier alpha value is -0.120. The molecule has 4 aliphatic rings. The van der Waals surface area contributed by atoms with Gasteiger partial charge in [-0.25, -0.2) is 0 Å². The fourth-order valence-corrected chi connectivity index (χ4v) is 5.24. The van der Waals surface area contributed by atoms with Crippen molar-refractivity contribution < 1.29 is 4.74 Å². The summed E-state index contributed by atoms with van der Waals surface area (Å²) in [7, 11) is 2.31. The normalized spacial score (nSPS) is 50.8. The smallest absolute Gasteiger partial charge is 0.0857 e. The van der Waals surface area contributed by atoms with Crippen molar-refractivity contribution in [3.05, 3.63) is 0 Å². The van der Waals surface area contributed by atoms with E-state index in [0.29, 0.717) is 18.2 Å². The zero-order valence-electron chi connectivity index (χ0n) is 12.4. The summed E-state index contributed by atoms with van der Waals surface area (Å²) in [4.78, 5) is 5.43. The van der Waals surface area contributed by atoms with Gasteiger partial charge in [-0.2, -0.15) is 0 Å². The van der Waals surface area contributed by atoms with Gasteiger partial charge in [-0.05, 0) is 51.5 Å². The van der Waals surface area contributed by atoms with E-state index in [1.165, 1.54) is 45.1 Å². The van der Waals surface area contributed by atoms with Crippen molar-refractivity contribution in [1.29, 1.82) is 0 Å². The van der Waals surface area contributed by atoms with Crippen molar-refractivity contribution in [2.45, 2.75) is 75.7 Å². The van der Waals surface area contributed by atoms with Gasteiger partial charge in [0.1, 0.15) is 0 Å². The second-order valence-corrected chi connectivity index (χ2v) is 7.39. The molecule has 0 aliphatic carbocycles. The van der Waals surface area contributed by atoms with Crippen LogP contribution in [0.5, 0.6) is 0 Å². The first-order valence-corrected chi connectivity index (χ1v) is 8.33. The molecular formula is C16H28N2O. The Kier molecular flexibility index (Phi) is 3.13. The minimum absolute atomic E-state index is 0.470. The van der Waals surface area contributed by atoms with E-state index < -0.39 is 0 Å². The highest BCUT2D eigenvalue weighted by molar-refractivity contribution is 5.00. The molecule has 0 N–H and O–H groups in total. The predicted molar refractivity (Wildman–Crippen MR) is 76.2 cm³/mol. The van der Waals surface area contributed by atoms with Crippen LogP contribution in [-0.2, 0) is 4.74 Å². The second kappa shape index (κ2) is 4.71. The van der Waals surface area contributed by atoms with Crippen molar-refractivity contribution in [3.63, 3.8) is 0 Å². The second-order valence-electron chi connectivity index (χ2n) is 7.39. The first-order chi connectivity index (χ1) is 9.24. The molecule has 4 saturated heterocycles. The Morgan fingerprint density at radius 2 is 1.68 bits per heavy atom. The molecule has 6 atom stereocenters. The summed E-state index contributed by atoms with van der Waals surface area (Å²) in [5.74, 6) is 0.899. The lowest BCUT2D eigenvalue weighted by molar-refractivity contribution is -0.0871. The summed E-state index contributed by atoms with van der Waals surface area (Å²) in [6.45, 7) is 4.62. The van der Waals surface area contributed by atoms with Crippen LogP contribution in [0.15, 0.2) is 0 Å². The third-order valence-electron chi connectivity index (χ3n) is 6.52. The molecular weight excluding hydrogens is 236 g/mol. The van der Waals surface area contributed by atoms with Crippen LogP contribution in [0.2, 0.25) is 0 Å². The number of hydrogen-bond donors (Lipinski definition) is 0. The molecule has 19 heavy (non-hydrogen) atoms. The maximum Gasteiger partial charge on any atom is 0.0857 e. The van der Waals surface area contributed by atoms with Crippen LogP contribution < -0.4 is 0 Å². The first-order valence-electron chi connectivity index (χ1n) is 8.33. The van der Waals surface area contributed by atoms with Crippen LogP contribution in [0, 0.1) is 5.92 Å². The van der Waals surface area contributed by atoms with E-state index in [1.807, 2.05) is 0 Å². The summed E-state index contributed by atoms with van der Waals surface area (Å²) in [5.41, 5.74) is 0. The molecule has 0 aromatic rings. The highest BCUT2D eigenvalue weighted by atomic mass is 16.5. The van der Waals surface area contributed by atoms with E-state index >= 15 is 0 Å². The number of piperidine rings is 1.